The first-order valence-corrected chi connectivity index (χ1v) is 18.5. The van der Waals surface area contributed by atoms with Gasteiger partial charge in [0.15, 0.2) is 0 Å². The number of rotatable bonds is 10. The Bertz CT molecular complexity index is 2410. The predicted molar refractivity (Wildman–Crippen MR) is 196 cm³/mol. The van der Waals surface area contributed by atoms with Gasteiger partial charge in [-0.1, -0.05) is 35.4 Å². The minimum atomic E-state index is -4.01. The highest BCUT2D eigenvalue weighted by Gasteiger charge is 2.29. The highest BCUT2D eigenvalue weighted by atomic mass is 32.2. The Balaban J connectivity index is 1.26. The molecule has 1 aliphatic heterocycles. The van der Waals surface area contributed by atoms with Crippen molar-refractivity contribution in [2.45, 2.75) is 0 Å². The van der Waals surface area contributed by atoms with Gasteiger partial charge in [0.25, 0.3) is 11.8 Å². The van der Waals surface area contributed by atoms with Gasteiger partial charge in [0.1, 0.15) is 23.8 Å². The summed E-state index contributed by atoms with van der Waals surface area (Å²) in [5.74, 6) is -0.512. The zero-order valence-corrected chi connectivity index (χ0v) is 29.6. The summed E-state index contributed by atoms with van der Waals surface area (Å²) in [7, 11) is -2.56. The van der Waals surface area contributed by atoms with Gasteiger partial charge in [0.2, 0.25) is 16.0 Å². The molecule has 13 nitrogen and oxygen atoms in total. The van der Waals surface area contributed by atoms with Crippen molar-refractivity contribution in [3.8, 4) is 28.1 Å². The van der Waals surface area contributed by atoms with Crippen LogP contribution in [0.25, 0.3) is 39.1 Å². The van der Waals surface area contributed by atoms with Crippen LogP contribution in [0, 0.1) is 5.82 Å². The molecule has 0 bridgehead atoms. The van der Waals surface area contributed by atoms with Crippen LogP contribution >= 0.6 is 0 Å². The average molecular weight is 741 g/mol. The van der Waals surface area contributed by atoms with Gasteiger partial charge in [-0.2, -0.15) is 4.68 Å². The minimum Gasteiger partial charge on any atom is -0.455 e. The maximum Gasteiger partial charge on any atom is 0.255 e. The number of alkyl halides is 1. The Labute approximate surface area is 303 Å². The number of para-hydroxylation sites is 1. The fourth-order valence-corrected chi connectivity index (χ4v) is 7.40. The van der Waals surface area contributed by atoms with E-state index in [2.05, 4.69) is 20.8 Å². The number of carbonyl (C=O) groups is 2. The Kier molecular flexibility index (Phi) is 9.62. The molecule has 2 aromatic heterocycles. The number of fused-ring (bicyclic) bond motifs is 1. The van der Waals surface area contributed by atoms with Crippen LogP contribution in [0.3, 0.4) is 0 Å². The molecule has 3 heterocycles. The standard InChI is InChI=1S/C37H34F2N8O5S/c1-40-35(48)33-30-22-29(31(46(16-15-38)53(2,50)51)23-32(30)52-34(33)24-11-13-27(39)14-12-24)25-7-6-8-26(21-25)36(49)44-17-19-45(20-18-44)37-41-42-43-47(37)28-9-4-3-5-10-28/h3-14,21-23H,15-20H2,1-2H3,(H,40,48). The fraction of sp³-hybridized carbons (Fsp3) is 0.216. The number of anilines is 2. The van der Waals surface area contributed by atoms with E-state index < -0.39 is 35.0 Å². The number of hydrogen-bond acceptors (Lipinski definition) is 9. The zero-order chi connectivity index (χ0) is 37.3. The van der Waals surface area contributed by atoms with Gasteiger partial charge >= 0.3 is 0 Å². The van der Waals surface area contributed by atoms with E-state index in [4.69, 9.17) is 4.42 Å². The van der Waals surface area contributed by atoms with Crippen molar-refractivity contribution in [1.29, 1.82) is 0 Å². The summed E-state index contributed by atoms with van der Waals surface area (Å²) in [6, 6.07) is 24.6. The number of halogens is 2. The van der Waals surface area contributed by atoms with Crippen molar-refractivity contribution in [2.24, 2.45) is 0 Å². The van der Waals surface area contributed by atoms with Crippen LogP contribution in [0.1, 0.15) is 20.7 Å². The van der Waals surface area contributed by atoms with Crippen LogP contribution in [0.2, 0.25) is 0 Å². The number of nitrogens with zero attached hydrogens (tertiary/aromatic N) is 7. The molecule has 1 N–H and O–H groups in total. The number of carbonyl (C=O) groups excluding carboxylic acids is 2. The summed E-state index contributed by atoms with van der Waals surface area (Å²) in [5, 5.41) is 15.2. The molecule has 0 spiro atoms. The summed E-state index contributed by atoms with van der Waals surface area (Å²) in [5.41, 5.74) is 2.73. The Hall–Kier alpha value is -6.16. The number of furan rings is 1. The van der Waals surface area contributed by atoms with E-state index in [1.165, 1.54) is 37.4 Å². The first-order valence-electron chi connectivity index (χ1n) is 16.7. The van der Waals surface area contributed by atoms with Crippen LogP contribution < -0.4 is 14.5 Å². The summed E-state index contributed by atoms with van der Waals surface area (Å²) in [6.45, 7) is 0.265. The van der Waals surface area contributed by atoms with Gasteiger partial charge in [0, 0.05) is 61.4 Å². The molecule has 4 aromatic carbocycles. The summed E-state index contributed by atoms with van der Waals surface area (Å²) in [6.07, 6.45) is 0.969. The van der Waals surface area contributed by atoms with Crippen molar-refractivity contribution in [3.63, 3.8) is 0 Å². The van der Waals surface area contributed by atoms with Crippen LogP contribution in [0.5, 0.6) is 0 Å². The van der Waals surface area contributed by atoms with Crippen LogP contribution in [0.15, 0.2) is 95.4 Å². The molecule has 0 radical (unpaired) electrons. The molecule has 7 rings (SSSR count). The number of sulfonamides is 1. The SMILES string of the molecule is CNC(=O)c1c(-c2ccc(F)cc2)oc2cc(N(CCF)S(C)(=O)=O)c(-c3cccc(C(=O)N4CCN(c5nnnn5-c5ccccc5)CC4)c3)cc12. The predicted octanol–water partition coefficient (Wildman–Crippen LogP) is 4.94. The lowest BCUT2D eigenvalue weighted by Gasteiger charge is -2.35. The molecule has 16 heteroatoms. The van der Waals surface area contributed by atoms with Crippen LogP contribution in [-0.2, 0) is 10.0 Å². The molecule has 6 aromatic rings. The van der Waals surface area contributed by atoms with Crippen molar-refractivity contribution >= 4 is 44.4 Å². The van der Waals surface area contributed by atoms with E-state index in [0.717, 1.165) is 16.2 Å². The van der Waals surface area contributed by atoms with Crippen LogP contribution in [0.4, 0.5) is 20.4 Å². The lowest BCUT2D eigenvalue weighted by atomic mass is 9.97. The number of amides is 2. The lowest BCUT2D eigenvalue weighted by Crippen LogP contribution is -2.49. The van der Waals surface area contributed by atoms with Crippen molar-refractivity contribution in [3.05, 3.63) is 108 Å². The van der Waals surface area contributed by atoms with E-state index in [0.29, 0.717) is 59.8 Å². The molecular weight excluding hydrogens is 707 g/mol. The van der Waals surface area contributed by atoms with E-state index in [1.54, 1.807) is 39.9 Å². The highest BCUT2D eigenvalue weighted by molar-refractivity contribution is 7.92. The summed E-state index contributed by atoms with van der Waals surface area (Å²) < 4.78 is 62.6. The van der Waals surface area contributed by atoms with Crippen molar-refractivity contribution in [1.82, 2.24) is 30.4 Å². The number of aromatic nitrogens is 4. The van der Waals surface area contributed by atoms with Gasteiger partial charge in [-0.05, 0) is 70.6 Å². The monoisotopic (exact) mass is 740 g/mol. The van der Waals surface area contributed by atoms with Gasteiger partial charge < -0.3 is 19.5 Å². The fourth-order valence-electron chi connectivity index (χ4n) is 6.49. The molecule has 53 heavy (non-hydrogen) atoms. The molecule has 272 valence electrons. The second-order valence-corrected chi connectivity index (χ2v) is 14.3. The van der Waals surface area contributed by atoms with Crippen molar-refractivity contribution in [2.75, 3.05) is 61.9 Å². The number of hydrogen-bond donors (Lipinski definition) is 1. The Morgan fingerprint density at radius 3 is 2.34 bits per heavy atom. The first kappa shape index (κ1) is 35.3. The summed E-state index contributed by atoms with van der Waals surface area (Å²) in [4.78, 5) is 31.0. The van der Waals surface area contributed by atoms with Gasteiger partial charge in [-0.25, -0.2) is 17.2 Å². The third kappa shape index (κ3) is 6.92. The molecule has 0 unspecified atom stereocenters. The molecule has 1 fully saturated rings. The smallest absolute Gasteiger partial charge is 0.255 e. The van der Waals surface area contributed by atoms with E-state index >= 15 is 0 Å². The average Bonchev–Trinajstić information content (AvgIpc) is 3.82. The number of piperazine rings is 1. The molecule has 0 aliphatic carbocycles. The minimum absolute atomic E-state index is 0.0925. The third-order valence-corrected chi connectivity index (χ3v) is 10.2. The molecular formula is C37H34F2N8O5S. The summed E-state index contributed by atoms with van der Waals surface area (Å²) >= 11 is 0. The zero-order valence-electron chi connectivity index (χ0n) is 28.7. The van der Waals surface area contributed by atoms with E-state index in [1.807, 2.05) is 35.2 Å². The van der Waals surface area contributed by atoms with Gasteiger partial charge in [-0.15, -0.1) is 0 Å². The van der Waals surface area contributed by atoms with Gasteiger partial charge in [0.05, 0.1) is 29.7 Å². The van der Waals surface area contributed by atoms with E-state index in [-0.39, 0.29) is 28.5 Å². The molecule has 2 amide bonds. The normalized spacial score (nSPS) is 13.4. The third-order valence-electron chi connectivity index (χ3n) is 9.05. The lowest BCUT2D eigenvalue weighted by molar-refractivity contribution is 0.0746. The maximum absolute atomic E-state index is 13.9. The quantitative estimate of drug-likeness (QED) is 0.206. The van der Waals surface area contributed by atoms with E-state index in [9.17, 15) is 26.8 Å². The molecule has 1 aliphatic rings. The maximum atomic E-state index is 13.9. The number of tetrazole rings is 1. The topological polar surface area (TPSA) is 147 Å². The number of nitrogens with one attached hydrogen (secondary N) is 1. The molecule has 0 saturated carbocycles. The molecule has 0 atom stereocenters. The number of benzene rings is 4. The van der Waals surface area contributed by atoms with Crippen LogP contribution in [-0.4, -0.2) is 98.0 Å². The van der Waals surface area contributed by atoms with Gasteiger partial charge in [-0.3, -0.25) is 13.9 Å². The Morgan fingerprint density at radius 2 is 1.66 bits per heavy atom. The second kappa shape index (κ2) is 14.5. The first-order chi connectivity index (χ1) is 25.6. The Morgan fingerprint density at radius 1 is 0.925 bits per heavy atom. The molecule has 1 saturated heterocycles. The van der Waals surface area contributed by atoms with Crippen molar-refractivity contribution < 1.29 is 31.2 Å². The highest BCUT2D eigenvalue weighted by Crippen LogP contribution is 2.42. The largest absolute Gasteiger partial charge is 0.455 e. The second-order valence-electron chi connectivity index (χ2n) is 12.4.